The molecule has 10 rings (SSSR count). The Balaban J connectivity index is 1.08. The normalized spacial score (nSPS) is 13.6. The van der Waals surface area contributed by atoms with Gasteiger partial charge in [-0.05, 0) is 96.1 Å². The average Bonchev–Trinajstić information content (AvgIpc) is 4.01. The van der Waals surface area contributed by atoms with Crippen LogP contribution in [0, 0.1) is 12.3 Å². The summed E-state index contributed by atoms with van der Waals surface area (Å²) < 4.78 is 11.3. The van der Waals surface area contributed by atoms with Crippen molar-refractivity contribution in [2.75, 3.05) is 0 Å². The maximum Gasteiger partial charge on any atom is 0.161 e. The maximum atomic E-state index is 9.08. The van der Waals surface area contributed by atoms with Gasteiger partial charge in [-0.2, -0.15) is 0 Å². The molecule has 0 aliphatic heterocycles. The molecule has 1 aliphatic rings. The van der Waals surface area contributed by atoms with Crippen molar-refractivity contribution in [2.24, 2.45) is 9.98 Å². The number of benzene rings is 6. The molecule has 3 heterocycles. The van der Waals surface area contributed by atoms with Crippen LogP contribution in [0.5, 0.6) is 0 Å². The number of aryl methyl sites for hydroxylation is 1. The van der Waals surface area contributed by atoms with Crippen molar-refractivity contribution >= 4 is 93.9 Å². The lowest BCUT2D eigenvalue weighted by Crippen LogP contribution is -2.05. The largest absolute Gasteiger partial charge is 0.456 e. The minimum Gasteiger partial charge on any atom is -0.456 e. The highest BCUT2D eigenvalue weighted by molar-refractivity contribution is 7.26. The van der Waals surface area contributed by atoms with Gasteiger partial charge in [-0.25, -0.2) is 9.98 Å². The summed E-state index contributed by atoms with van der Waals surface area (Å²) >= 11 is 1.83. The molecule has 0 saturated carbocycles. The van der Waals surface area contributed by atoms with Crippen molar-refractivity contribution in [3.05, 3.63) is 223 Å². The summed E-state index contributed by atoms with van der Waals surface area (Å²) in [4.78, 5) is 9.72. The average molecular weight is 845 g/mol. The van der Waals surface area contributed by atoms with Crippen LogP contribution in [-0.4, -0.2) is 22.5 Å². The first kappa shape index (κ1) is 40.2. The van der Waals surface area contributed by atoms with Crippen LogP contribution in [0.15, 0.2) is 210 Å². The van der Waals surface area contributed by atoms with Crippen molar-refractivity contribution in [3.63, 3.8) is 0 Å². The summed E-state index contributed by atoms with van der Waals surface area (Å²) in [5.74, 6) is 0.460. The first-order valence-electron chi connectivity index (χ1n) is 21.4. The number of para-hydroxylation sites is 1. The molecule has 3 aromatic heterocycles. The Bertz CT molecular complexity index is 3590. The molecule has 0 unspecified atom stereocenters. The van der Waals surface area contributed by atoms with Gasteiger partial charge in [0.1, 0.15) is 11.2 Å². The molecule has 64 heavy (non-hydrogen) atoms. The lowest BCUT2D eigenvalue weighted by Gasteiger charge is -2.11. The molecule has 1 aliphatic carbocycles. The van der Waals surface area contributed by atoms with E-state index >= 15 is 0 Å². The van der Waals surface area contributed by atoms with E-state index in [1.165, 1.54) is 36.6 Å². The van der Waals surface area contributed by atoms with Gasteiger partial charge < -0.3 is 8.98 Å². The third-order valence-corrected chi connectivity index (χ3v) is 13.1. The van der Waals surface area contributed by atoms with E-state index in [0.29, 0.717) is 17.0 Å². The van der Waals surface area contributed by atoms with E-state index in [1.54, 1.807) is 12.2 Å². The molecule has 0 spiro atoms. The van der Waals surface area contributed by atoms with Gasteiger partial charge in [0.2, 0.25) is 0 Å². The second-order valence-electron chi connectivity index (χ2n) is 15.7. The zero-order chi connectivity index (χ0) is 43.7. The number of rotatable bonds is 10. The first-order valence-corrected chi connectivity index (χ1v) is 22.2. The molecule has 308 valence electrons. The Morgan fingerprint density at radius 1 is 0.781 bits per heavy atom. The van der Waals surface area contributed by atoms with Gasteiger partial charge in [0.15, 0.2) is 11.7 Å². The van der Waals surface area contributed by atoms with Crippen LogP contribution in [0.3, 0.4) is 0 Å². The molecule has 0 bridgehead atoms. The van der Waals surface area contributed by atoms with Crippen molar-refractivity contribution in [1.29, 1.82) is 5.41 Å². The summed E-state index contributed by atoms with van der Waals surface area (Å²) in [6.45, 7) is 14.1. The Labute approximate surface area is 376 Å². The third kappa shape index (κ3) is 7.14. The van der Waals surface area contributed by atoms with Crippen molar-refractivity contribution in [1.82, 2.24) is 4.57 Å². The van der Waals surface area contributed by atoms with Gasteiger partial charge in [0.25, 0.3) is 0 Å². The first-order chi connectivity index (χ1) is 31.4. The van der Waals surface area contributed by atoms with Gasteiger partial charge in [-0.3, -0.25) is 5.41 Å². The smallest absolute Gasteiger partial charge is 0.161 e. The lowest BCUT2D eigenvalue weighted by molar-refractivity contribution is 0.669. The fourth-order valence-corrected chi connectivity index (χ4v) is 10.2. The molecule has 6 aromatic carbocycles. The van der Waals surface area contributed by atoms with Gasteiger partial charge in [0.05, 0.1) is 15.9 Å². The van der Waals surface area contributed by atoms with Crippen LogP contribution >= 0.6 is 11.3 Å². The van der Waals surface area contributed by atoms with E-state index in [4.69, 9.17) is 19.8 Å². The van der Waals surface area contributed by atoms with Gasteiger partial charge in [-0.1, -0.05) is 147 Å². The lowest BCUT2D eigenvalue weighted by atomic mass is 9.97. The number of nitrogens with zero attached hydrogens (tertiary/aromatic N) is 3. The molecule has 0 atom stereocenters. The number of hydrogen-bond donors (Lipinski definition) is 1. The van der Waals surface area contributed by atoms with Crippen LogP contribution in [0.25, 0.3) is 81.5 Å². The number of hydrogen-bond acceptors (Lipinski definition) is 3. The number of thiophene rings is 1. The Morgan fingerprint density at radius 2 is 1.62 bits per heavy atom. The fraction of sp³-hybridized carbons (Fsp3) is 0.0517. The van der Waals surface area contributed by atoms with E-state index < -0.39 is 0 Å². The Morgan fingerprint density at radius 3 is 2.47 bits per heavy atom. The molecular weight excluding hydrogens is 801 g/mol. The number of aromatic nitrogens is 1. The second-order valence-corrected chi connectivity index (χ2v) is 16.8. The second kappa shape index (κ2) is 17.1. The fourth-order valence-electron chi connectivity index (χ4n) is 8.92. The minimum absolute atomic E-state index is 0.104. The minimum atomic E-state index is 0.104. The molecule has 1 N–H and O–H groups in total. The van der Waals surface area contributed by atoms with E-state index in [1.807, 2.05) is 72.2 Å². The quantitative estimate of drug-likeness (QED) is 0.0832. The van der Waals surface area contributed by atoms with Crippen molar-refractivity contribution in [2.45, 2.75) is 19.8 Å². The SMILES string of the molecule is C=C/C=C\c1c(C)c2ccccc2n1-c1cccc2c1sc1cccc(-c3ccc4oc5cccc(C=NC(=NC(=N)c6cccc(C7=CCCC=C7)c6)/C(C=C)=C/C=C)c5c4c3)c12. The number of allylic oxidation sites excluding steroid dienone is 8. The van der Waals surface area contributed by atoms with Crippen LogP contribution in [0.2, 0.25) is 0 Å². The zero-order valence-electron chi connectivity index (χ0n) is 35.5. The summed E-state index contributed by atoms with van der Waals surface area (Å²) in [7, 11) is 0. The number of furan rings is 1. The Kier molecular flexibility index (Phi) is 10.7. The summed E-state index contributed by atoms with van der Waals surface area (Å²) in [5, 5.41) is 14.7. The summed E-state index contributed by atoms with van der Waals surface area (Å²) in [6.07, 6.45) is 21.6. The highest BCUT2D eigenvalue weighted by Gasteiger charge is 2.20. The topological polar surface area (TPSA) is 66.6 Å². The van der Waals surface area contributed by atoms with Gasteiger partial charge >= 0.3 is 0 Å². The van der Waals surface area contributed by atoms with Crippen molar-refractivity contribution in [3.8, 4) is 16.8 Å². The molecular formula is C58H44N4OS. The van der Waals surface area contributed by atoms with Crippen LogP contribution in [0.4, 0.5) is 0 Å². The van der Waals surface area contributed by atoms with E-state index in [9.17, 15) is 0 Å². The number of nitrogens with one attached hydrogen (secondary N) is 1. The van der Waals surface area contributed by atoms with Crippen LogP contribution in [-0.2, 0) is 0 Å². The zero-order valence-corrected chi connectivity index (χ0v) is 36.3. The summed E-state index contributed by atoms with van der Waals surface area (Å²) in [5.41, 5.74) is 12.9. The predicted molar refractivity (Wildman–Crippen MR) is 276 cm³/mol. The van der Waals surface area contributed by atoms with Crippen LogP contribution in [0.1, 0.15) is 40.8 Å². The molecule has 0 radical (unpaired) electrons. The number of amidine groups is 2. The highest BCUT2D eigenvalue weighted by Crippen LogP contribution is 2.45. The van der Waals surface area contributed by atoms with E-state index in [2.05, 4.69) is 140 Å². The maximum absolute atomic E-state index is 9.08. The Hall–Kier alpha value is -7.93. The number of aliphatic imine (C=N–C) groups is 2. The van der Waals surface area contributed by atoms with E-state index in [-0.39, 0.29) is 5.84 Å². The molecule has 6 heteroatoms. The van der Waals surface area contributed by atoms with E-state index in [0.717, 1.165) is 74.0 Å². The van der Waals surface area contributed by atoms with Gasteiger partial charge in [-0.15, -0.1) is 11.3 Å². The predicted octanol–water partition coefficient (Wildman–Crippen LogP) is 15.9. The van der Waals surface area contributed by atoms with Gasteiger partial charge in [0, 0.05) is 60.2 Å². The highest BCUT2D eigenvalue weighted by atomic mass is 32.1. The monoisotopic (exact) mass is 844 g/mol. The summed E-state index contributed by atoms with van der Waals surface area (Å²) in [6, 6.07) is 42.3. The molecule has 0 fully saturated rings. The molecule has 0 amide bonds. The molecule has 0 saturated heterocycles. The molecule has 9 aromatic rings. The van der Waals surface area contributed by atoms with Crippen molar-refractivity contribution < 1.29 is 4.42 Å². The number of fused-ring (bicyclic) bond motifs is 7. The standard InChI is InChI=1S/C58H44N4OS/c1-5-8-27-48-37(4)44-24-12-13-28-49(44)62(48)50-29-16-26-46-55-45(25-17-31-53(55)64-56(46)50)41-32-33-51-47(35-41)54-43(23-15-30-52(54)63-51)36-60-58(38(7-3)18-6-2)61-57(59)42-22-14-21-40(34-42)39-19-10-9-11-20-39/h5-8,10,12-36,59H,1-3,9,11H2,4H3/b27-8-,38-18+,59-57?,60-36?,61-58?. The molecule has 5 nitrogen and oxygen atoms in total. The third-order valence-electron chi connectivity index (χ3n) is 11.9. The van der Waals surface area contributed by atoms with Crippen LogP contribution < -0.4 is 0 Å².